The Kier molecular flexibility index (Phi) is 4.47. The highest BCUT2D eigenvalue weighted by atomic mass is 35.5. The molecule has 7 heteroatoms. The molecule has 126 valence electrons. The number of aromatic nitrogens is 4. The van der Waals surface area contributed by atoms with Gasteiger partial charge in [-0.15, -0.1) is 5.10 Å². The van der Waals surface area contributed by atoms with E-state index in [2.05, 4.69) is 25.1 Å². The Balaban J connectivity index is 1.24. The van der Waals surface area contributed by atoms with Crippen LogP contribution in [-0.2, 0) is 0 Å². The maximum absolute atomic E-state index is 5.83. The molecule has 6 nitrogen and oxygen atoms in total. The van der Waals surface area contributed by atoms with E-state index < -0.39 is 0 Å². The minimum atomic E-state index is 0.526. The van der Waals surface area contributed by atoms with E-state index in [-0.39, 0.29) is 0 Å². The number of hydrogen-bond acceptors (Lipinski definition) is 6. The van der Waals surface area contributed by atoms with Crippen LogP contribution in [0.4, 0.5) is 5.95 Å². The zero-order valence-electron chi connectivity index (χ0n) is 13.4. The first-order valence-corrected chi connectivity index (χ1v) is 8.84. The molecule has 4 rings (SSSR count). The molecule has 1 aliphatic heterocycles. The number of piperidine rings is 1. The Morgan fingerprint density at radius 1 is 1.04 bits per heavy atom. The summed E-state index contributed by atoms with van der Waals surface area (Å²) in [5.41, 5.74) is 1.10. The maximum atomic E-state index is 5.83. The van der Waals surface area contributed by atoms with Gasteiger partial charge in [-0.1, -0.05) is 11.6 Å². The molecule has 24 heavy (non-hydrogen) atoms. The molecule has 0 bridgehead atoms. The van der Waals surface area contributed by atoms with E-state index in [1.807, 2.05) is 12.1 Å². The highest BCUT2D eigenvalue weighted by Crippen LogP contribution is 2.38. The van der Waals surface area contributed by atoms with Crippen LogP contribution in [0.2, 0.25) is 5.02 Å². The molecular formula is C17H20ClN5O. The van der Waals surface area contributed by atoms with Crippen LogP contribution < -0.4 is 9.64 Å². The second-order valence-electron chi connectivity index (χ2n) is 6.51. The van der Waals surface area contributed by atoms with Crippen molar-refractivity contribution < 1.29 is 4.74 Å². The SMILES string of the molecule is Clc1cnc(N2CCC(COc3ccc(C4CC4)nn3)CC2)nc1. The Morgan fingerprint density at radius 3 is 2.42 bits per heavy atom. The molecular weight excluding hydrogens is 326 g/mol. The van der Waals surface area contributed by atoms with Crippen LogP contribution in [0.1, 0.15) is 37.3 Å². The summed E-state index contributed by atoms with van der Waals surface area (Å²) in [5, 5.41) is 9.00. The smallest absolute Gasteiger partial charge is 0.233 e. The first-order valence-electron chi connectivity index (χ1n) is 8.47. The zero-order valence-corrected chi connectivity index (χ0v) is 14.2. The lowest BCUT2D eigenvalue weighted by atomic mass is 9.98. The number of ether oxygens (including phenoxy) is 1. The van der Waals surface area contributed by atoms with Crippen molar-refractivity contribution in [1.82, 2.24) is 20.2 Å². The lowest BCUT2D eigenvalue weighted by Gasteiger charge is -2.31. The van der Waals surface area contributed by atoms with Gasteiger partial charge >= 0.3 is 0 Å². The molecule has 3 heterocycles. The lowest BCUT2D eigenvalue weighted by Crippen LogP contribution is -2.36. The molecule has 0 aromatic carbocycles. The fraction of sp³-hybridized carbons (Fsp3) is 0.529. The van der Waals surface area contributed by atoms with Crippen molar-refractivity contribution >= 4 is 17.5 Å². The van der Waals surface area contributed by atoms with Crippen LogP contribution in [-0.4, -0.2) is 39.9 Å². The van der Waals surface area contributed by atoms with Crippen molar-refractivity contribution in [3.63, 3.8) is 0 Å². The van der Waals surface area contributed by atoms with E-state index in [0.29, 0.717) is 29.3 Å². The van der Waals surface area contributed by atoms with Gasteiger partial charge in [-0.2, -0.15) is 5.10 Å². The lowest BCUT2D eigenvalue weighted by molar-refractivity contribution is 0.213. The molecule has 0 radical (unpaired) electrons. The van der Waals surface area contributed by atoms with Crippen LogP contribution >= 0.6 is 11.6 Å². The number of hydrogen-bond donors (Lipinski definition) is 0. The maximum Gasteiger partial charge on any atom is 0.233 e. The van der Waals surface area contributed by atoms with Gasteiger partial charge in [0.15, 0.2) is 0 Å². The van der Waals surface area contributed by atoms with E-state index in [4.69, 9.17) is 16.3 Å². The van der Waals surface area contributed by atoms with E-state index in [1.165, 1.54) is 12.8 Å². The molecule has 2 aliphatic rings. The van der Waals surface area contributed by atoms with Crippen LogP contribution in [0.25, 0.3) is 0 Å². The van der Waals surface area contributed by atoms with Gasteiger partial charge in [-0.3, -0.25) is 0 Å². The standard InChI is InChI=1S/C17H20ClN5O/c18-14-9-19-17(20-10-14)23-7-5-12(6-8-23)11-24-16-4-3-15(21-22-16)13-1-2-13/h3-4,9-10,12-13H,1-2,5-8,11H2. The van der Waals surface area contributed by atoms with Crippen LogP contribution in [0.3, 0.4) is 0 Å². The molecule has 0 N–H and O–H groups in total. The minimum absolute atomic E-state index is 0.526. The highest BCUT2D eigenvalue weighted by Gasteiger charge is 2.25. The number of nitrogens with zero attached hydrogens (tertiary/aromatic N) is 5. The molecule has 1 saturated heterocycles. The van der Waals surface area contributed by atoms with Crippen LogP contribution in [0.15, 0.2) is 24.5 Å². The fourth-order valence-electron chi connectivity index (χ4n) is 2.98. The molecule has 2 aromatic rings. The first kappa shape index (κ1) is 15.6. The second-order valence-corrected chi connectivity index (χ2v) is 6.95. The van der Waals surface area contributed by atoms with Crippen LogP contribution in [0.5, 0.6) is 5.88 Å². The minimum Gasteiger partial charge on any atom is -0.476 e. The summed E-state index contributed by atoms with van der Waals surface area (Å²) >= 11 is 5.83. The van der Waals surface area contributed by atoms with Gasteiger partial charge in [-0.25, -0.2) is 9.97 Å². The predicted molar refractivity (Wildman–Crippen MR) is 91.5 cm³/mol. The largest absolute Gasteiger partial charge is 0.476 e. The normalized spacial score (nSPS) is 18.6. The van der Waals surface area contributed by atoms with E-state index >= 15 is 0 Å². The summed E-state index contributed by atoms with van der Waals surface area (Å²) in [6.07, 6.45) is 7.88. The van der Waals surface area contributed by atoms with Gasteiger partial charge in [0.2, 0.25) is 11.8 Å². The zero-order chi connectivity index (χ0) is 16.4. The molecule has 1 saturated carbocycles. The van der Waals surface area contributed by atoms with Crippen molar-refractivity contribution in [1.29, 1.82) is 0 Å². The Morgan fingerprint density at radius 2 is 1.79 bits per heavy atom. The van der Waals surface area contributed by atoms with E-state index in [0.717, 1.165) is 37.6 Å². The monoisotopic (exact) mass is 345 g/mol. The summed E-state index contributed by atoms with van der Waals surface area (Å²) in [5.74, 6) is 2.53. The third-order valence-electron chi connectivity index (χ3n) is 4.63. The van der Waals surface area contributed by atoms with Gasteiger partial charge in [0.05, 0.1) is 29.7 Å². The van der Waals surface area contributed by atoms with E-state index in [1.54, 1.807) is 12.4 Å². The van der Waals surface area contributed by atoms with Gasteiger partial charge < -0.3 is 9.64 Å². The number of halogens is 1. The molecule has 2 aromatic heterocycles. The summed E-state index contributed by atoms with van der Waals surface area (Å²) in [6, 6.07) is 3.98. The average molecular weight is 346 g/mol. The summed E-state index contributed by atoms with van der Waals surface area (Å²) in [6.45, 7) is 2.55. The average Bonchev–Trinajstić information content (AvgIpc) is 3.47. The van der Waals surface area contributed by atoms with Gasteiger partial charge in [0.1, 0.15) is 0 Å². The Hall–Kier alpha value is -1.95. The van der Waals surface area contributed by atoms with Crippen molar-refractivity contribution in [2.45, 2.75) is 31.6 Å². The molecule has 1 aliphatic carbocycles. The number of rotatable bonds is 5. The van der Waals surface area contributed by atoms with Crippen molar-refractivity contribution in [3.05, 3.63) is 35.2 Å². The fourth-order valence-corrected chi connectivity index (χ4v) is 3.07. The van der Waals surface area contributed by atoms with Gasteiger partial charge in [0, 0.05) is 25.1 Å². The summed E-state index contributed by atoms with van der Waals surface area (Å²) in [7, 11) is 0. The highest BCUT2D eigenvalue weighted by molar-refractivity contribution is 6.30. The summed E-state index contributed by atoms with van der Waals surface area (Å²) in [4.78, 5) is 10.8. The molecule has 2 fully saturated rings. The molecule has 0 unspecified atom stereocenters. The molecule has 0 amide bonds. The van der Waals surface area contributed by atoms with Crippen molar-refractivity contribution in [2.75, 3.05) is 24.6 Å². The topological polar surface area (TPSA) is 64.0 Å². The van der Waals surface area contributed by atoms with Crippen molar-refractivity contribution in [2.24, 2.45) is 5.92 Å². The van der Waals surface area contributed by atoms with Gasteiger partial charge in [-0.05, 0) is 37.7 Å². The Bertz CT molecular complexity index is 666. The number of anilines is 1. The summed E-state index contributed by atoms with van der Waals surface area (Å²) < 4.78 is 5.82. The first-order chi connectivity index (χ1) is 11.8. The van der Waals surface area contributed by atoms with Crippen LogP contribution in [0, 0.1) is 5.92 Å². The Labute approximate surface area is 146 Å². The van der Waals surface area contributed by atoms with Gasteiger partial charge in [0.25, 0.3) is 0 Å². The molecule has 0 atom stereocenters. The van der Waals surface area contributed by atoms with E-state index in [9.17, 15) is 0 Å². The van der Waals surface area contributed by atoms with Crippen molar-refractivity contribution in [3.8, 4) is 5.88 Å². The predicted octanol–water partition coefficient (Wildman–Crippen LogP) is 3.09. The second kappa shape index (κ2) is 6.89. The quantitative estimate of drug-likeness (QED) is 0.829. The third kappa shape index (κ3) is 3.75. The third-order valence-corrected chi connectivity index (χ3v) is 4.82. The molecule has 0 spiro atoms.